The maximum atomic E-state index is 12.1. The molecule has 0 unspecified atom stereocenters. The van der Waals surface area contributed by atoms with Gasteiger partial charge in [-0.15, -0.1) is 0 Å². The van der Waals surface area contributed by atoms with Crippen molar-refractivity contribution in [3.63, 3.8) is 0 Å². The van der Waals surface area contributed by atoms with Crippen LogP contribution in [0, 0.1) is 0 Å². The summed E-state index contributed by atoms with van der Waals surface area (Å²) in [5, 5.41) is 2.61. The summed E-state index contributed by atoms with van der Waals surface area (Å²) in [7, 11) is 0. The highest BCUT2D eigenvalue weighted by molar-refractivity contribution is 6.21. The molecule has 0 fully saturated rings. The number of amides is 3. The predicted molar refractivity (Wildman–Crippen MR) is 85.3 cm³/mol. The Hall–Kier alpha value is -2.70. The SMILES string of the molecule is CCOC(=O)CCNC(=O)CCCN1C(=O)c2ccccc2C1=O. The molecular weight excluding hydrogens is 312 g/mol. The molecule has 0 spiro atoms. The first-order valence-electron chi connectivity index (χ1n) is 7.92. The van der Waals surface area contributed by atoms with Gasteiger partial charge in [0, 0.05) is 19.5 Å². The molecule has 1 aliphatic rings. The number of carbonyl (C=O) groups is 4. The van der Waals surface area contributed by atoms with Crippen LogP contribution in [0.5, 0.6) is 0 Å². The molecule has 128 valence electrons. The molecule has 3 amide bonds. The molecule has 1 aromatic rings. The lowest BCUT2D eigenvalue weighted by Gasteiger charge is -2.13. The smallest absolute Gasteiger partial charge is 0.307 e. The molecule has 0 atom stereocenters. The van der Waals surface area contributed by atoms with Crippen molar-refractivity contribution in [3.8, 4) is 0 Å². The summed E-state index contributed by atoms with van der Waals surface area (Å²) in [4.78, 5) is 48.3. The maximum absolute atomic E-state index is 12.1. The normalized spacial score (nSPS) is 13.0. The molecular formula is C17H20N2O5. The van der Waals surface area contributed by atoms with E-state index in [1.165, 1.54) is 0 Å². The van der Waals surface area contributed by atoms with Gasteiger partial charge in [-0.1, -0.05) is 12.1 Å². The quantitative estimate of drug-likeness (QED) is 0.569. The molecule has 0 radical (unpaired) electrons. The van der Waals surface area contributed by atoms with E-state index < -0.39 is 0 Å². The fourth-order valence-corrected chi connectivity index (χ4v) is 2.47. The number of nitrogens with zero attached hydrogens (tertiary/aromatic N) is 1. The van der Waals surface area contributed by atoms with E-state index in [0.717, 1.165) is 4.90 Å². The highest BCUT2D eigenvalue weighted by Crippen LogP contribution is 2.22. The number of benzene rings is 1. The third-order valence-electron chi connectivity index (χ3n) is 3.62. The zero-order valence-corrected chi connectivity index (χ0v) is 13.5. The highest BCUT2D eigenvalue weighted by Gasteiger charge is 2.34. The number of imide groups is 1. The minimum absolute atomic E-state index is 0.123. The van der Waals surface area contributed by atoms with E-state index >= 15 is 0 Å². The number of nitrogens with one attached hydrogen (secondary N) is 1. The summed E-state index contributed by atoms with van der Waals surface area (Å²) in [6, 6.07) is 6.67. The zero-order chi connectivity index (χ0) is 17.5. The Kier molecular flexibility index (Phi) is 6.06. The fraction of sp³-hybridized carbons (Fsp3) is 0.412. The first-order chi connectivity index (χ1) is 11.5. The monoisotopic (exact) mass is 332 g/mol. The Morgan fingerprint density at radius 3 is 2.29 bits per heavy atom. The van der Waals surface area contributed by atoms with Gasteiger partial charge in [-0.05, 0) is 25.5 Å². The van der Waals surface area contributed by atoms with Gasteiger partial charge >= 0.3 is 5.97 Å². The number of rotatable bonds is 8. The van der Waals surface area contributed by atoms with Gasteiger partial charge in [0.1, 0.15) is 0 Å². The van der Waals surface area contributed by atoms with Crippen LogP contribution in [-0.4, -0.2) is 48.3 Å². The Morgan fingerprint density at radius 1 is 1.08 bits per heavy atom. The van der Waals surface area contributed by atoms with Gasteiger partial charge in [-0.2, -0.15) is 0 Å². The van der Waals surface area contributed by atoms with Crippen LogP contribution < -0.4 is 5.32 Å². The largest absolute Gasteiger partial charge is 0.466 e. The van der Waals surface area contributed by atoms with Crippen LogP contribution in [0.4, 0.5) is 0 Å². The predicted octanol–water partition coefficient (Wildman–Crippen LogP) is 1.13. The van der Waals surface area contributed by atoms with Crippen LogP contribution >= 0.6 is 0 Å². The second-order valence-electron chi connectivity index (χ2n) is 5.32. The van der Waals surface area contributed by atoms with Gasteiger partial charge in [0.25, 0.3) is 11.8 Å². The summed E-state index contributed by atoms with van der Waals surface area (Å²) in [6.07, 6.45) is 0.672. The molecule has 1 N–H and O–H groups in total. The molecule has 0 bridgehead atoms. The van der Waals surface area contributed by atoms with E-state index in [4.69, 9.17) is 4.74 Å². The molecule has 1 heterocycles. The van der Waals surface area contributed by atoms with E-state index in [9.17, 15) is 19.2 Å². The van der Waals surface area contributed by atoms with E-state index in [-0.39, 0.29) is 49.6 Å². The van der Waals surface area contributed by atoms with Crippen molar-refractivity contribution < 1.29 is 23.9 Å². The highest BCUT2D eigenvalue weighted by atomic mass is 16.5. The zero-order valence-electron chi connectivity index (χ0n) is 13.5. The third-order valence-corrected chi connectivity index (χ3v) is 3.62. The number of hydrogen-bond donors (Lipinski definition) is 1. The molecule has 1 aliphatic heterocycles. The first kappa shape index (κ1) is 17.7. The Labute approximate surface area is 140 Å². The first-order valence-corrected chi connectivity index (χ1v) is 7.92. The minimum Gasteiger partial charge on any atom is -0.466 e. The van der Waals surface area contributed by atoms with Crippen molar-refractivity contribution in [2.24, 2.45) is 0 Å². The van der Waals surface area contributed by atoms with Crippen LogP contribution in [0.2, 0.25) is 0 Å². The van der Waals surface area contributed by atoms with Crippen LogP contribution in [-0.2, 0) is 14.3 Å². The van der Waals surface area contributed by atoms with Crippen molar-refractivity contribution in [1.82, 2.24) is 10.2 Å². The molecule has 7 heteroatoms. The lowest BCUT2D eigenvalue weighted by molar-refractivity contribution is -0.143. The fourth-order valence-electron chi connectivity index (χ4n) is 2.47. The molecule has 0 saturated heterocycles. The molecule has 1 aromatic carbocycles. The number of carbonyl (C=O) groups excluding carboxylic acids is 4. The number of fused-ring (bicyclic) bond motifs is 1. The van der Waals surface area contributed by atoms with Crippen molar-refractivity contribution in [2.45, 2.75) is 26.2 Å². The third kappa shape index (κ3) is 4.18. The summed E-state index contributed by atoms with van der Waals surface area (Å²) >= 11 is 0. The van der Waals surface area contributed by atoms with Crippen molar-refractivity contribution in [3.05, 3.63) is 35.4 Å². The molecule has 0 aromatic heterocycles. The van der Waals surface area contributed by atoms with Gasteiger partial charge in [0.2, 0.25) is 5.91 Å². The van der Waals surface area contributed by atoms with Crippen molar-refractivity contribution >= 4 is 23.7 Å². The van der Waals surface area contributed by atoms with Gasteiger partial charge in [0.05, 0.1) is 24.2 Å². The van der Waals surface area contributed by atoms with Crippen LogP contribution in [0.15, 0.2) is 24.3 Å². The van der Waals surface area contributed by atoms with E-state index in [1.807, 2.05) is 0 Å². The summed E-state index contributed by atoms with van der Waals surface area (Å²) in [5.41, 5.74) is 0.808. The van der Waals surface area contributed by atoms with E-state index in [1.54, 1.807) is 31.2 Å². The minimum atomic E-state index is -0.358. The average Bonchev–Trinajstić information content (AvgIpc) is 2.80. The molecule has 2 rings (SSSR count). The van der Waals surface area contributed by atoms with Gasteiger partial charge < -0.3 is 10.1 Å². The second kappa shape index (κ2) is 8.24. The van der Waals surface area contributed by atoms with Crippen LogP contribution in [0.25, 0.3) is 0 Å². The topological polar surface area (TPSA) is 92.8 Å². The van der Waals surface area contributed by atoms with Gasteiger partial charge in [0.15, 0.2) is 0 Å². The molecule has 24 heavy (non-hydrogen) atoms. The summed E-state index contributed by atoms with van der Waals surface area (Å²) in [6.45, 7) is 2.44. The Balaban J connectivity index is 1.71. The standard InChI is InChI=1S/C17H20N2O5/c1-2-24-15(21)9-10-18-14(20)8-5-11-19-16(22)12-6-3-4-7-13(12)17(19)23/h3-4,6-7H,2,5,8-11H2,1H3,(H,18,20). The summed E-state index contributed by atoms with van der Waals surface area (Å²) in [5.74, 6) is -1.23. The lowest BCUT2D eigenvalue weighted by atomic mass is 10.1. The van der Waals surface area contributed by atoms with E-state index in [2.05, 4.69) is 5.32 Å². The van der Waals surface area contributed by atoms with Gasteiger partial charge in [-0.3, -0.25) is 24.1 Å². The Bertz CT molecular complexity index is 621. The van der Waals surface area contributed by atoms with Crippen molar-refractivity contribution in [2.75, 3.05) is 19.7 Å². The van der Waals surface area contributed by atoms with Crippen LogP contribution in [0.3, 0.4) is 0 Å². The lowest BCUT2D eigenvalue weighted by Crippen LogP contribution is -2.32. The number of ether oxygens (including phenoxy) is 1. The number of hydrogen-bond acceptors (Lipinski definition) is 5. The molecule has 0 aliphatic carbocycles. The Morgan fingerprint density at radius 2 is 1.71 bits per heavy atom. The number of esters is 1. The molecule has 0 saturated carbocycles. The van der Waals surface area contributed by atoms with Gasteiger partial charge in [-0.25, -0.2) is 0 Å². The van der Waals surface area contributed by atoms with E-state index in [0.29, 0.717) is 24.2 Å². The summed E-state index contributed by atoms with van der Waals surface area (Å²) < 4.78 is 4.75. The van der Waals surface area contributed by atoms with Crippen molar-refractivity contribution in [1.29, 1.82) is 0 Å². The maximum Gasteiger partial charge on any atom is 0.307 e. The van der Waals surface area contributed by atoms with Crippen LogP contribution in [0.1, 0.15) is 46.9 Å². The molecule has 7 nitrogen and oxygen atoms in total. The second-order valence-corrected chi connectivity index (χ2v) is 5.32. The average molecular weight is 332 g/mol.